The number of hydrogen-bond donors (Lipinski definition) is 2. The van der Waals surface area contributed by atoms with Gasteiger partial charge in [0.2, 0.25) is 0 Å². The molecule has 0 saturated heterocycles. The van der Waals surface area contributed by atoms with Crippen LogP contribution in [0.5, 0.6) is 0 Å². The quantitative estimate of drug-likeness (QED) is 0.129. The molecule has 0 aliphatic heterocycles. The van der Waals surface area contributed by atoms with Crippen molar-refractivity contribution in [2.75, 3.05) is 26.2 Å². The molecule has 7 nitrogen and oxygen atoms in total. The van der Waals surface area contributed by atoms with Crippen LogP contribution in [-0.2, 0) is 14.4 Å². The van der Waals surface area contributed by atoms with Crippen molar-refractivity contribution in [3.63, 3.8) is 0 Å². The van der Waals surface area contributed by atoms with Crippen LogP contribution in [0.15, 0.2) is 0 Å². The van der Waals surface area contributed by atoms with Crippen LogP contribution in [0.4, 0.5) is 0 Å². The molecule has 0 spiro atoms. The van der Waals surface area contributed by atoms with Gasteiger partial charge >= 0.3 is 11.9 Å². The molecule has 0 saturated carbocycles. The number of aliphatic carboxylic acids is 3. The predicted octanol–water partition coefficient (Wildman–Crippen LogP) is 5.15. The van der Waals surface area contributed by atoms with Crippen LogP contribution in [0.25, 0.3) is 0 Å². The van der Waals surface area contributed by atoms with Gasteiger partial charge in [-0.3, -0.25) is 9.59 Å². The lowest BCUT2D eigenvalue weighted by Crippen LogP contribution is -2.53. The molecule has 0 aromatic carbocycles. The van der Waals surface area contributed by atoms with Crippen LogP contribution in [0.2, 0.25) is 0 Å². The SMILES string of the molecule is CCCCCCCCCCCCCCCCCC[N+](CCC(=O)[O-])(CCC(=O)O)CCC(=O)O. The predicted molar refractivity (Wildman–Crippen MR) is 133 cm³/mol. The Balaban J connectivity index is 4.04. The number of rotatable bonds is 26. The fourth-order valence-corrected chi connectivity index (χ4v) is 4.66. The first-order valence-corrected chi connectivity index (χ1v) is 13.8. The third-order valence-corrected chi connectivity index (χ3v) is 6.88. The van der Waals surface area contributed by atoms with Gasteiger partial charge in [0, 0.05) is 12.4 Å². The molecule has 0 aromatic rings. The maximum atomic E-state index is 11.1. The van der Waals surface area contributed by atoms with Crippen LogP contribution in [0, 0.1) is 0 Å². The second kappa shape index (κ2) is 21.9. The Kier molecular flexibility index (Phi) is 20.8. The van der Waals surface area contributed by atoms with Gasteiger partial charge in [0.05, 0.1) is 39.0 Å². The van der Waals surface area contributed by atoms with Crippen molar-refractivity contribution in [3.8, 4) is 0 Å². The molecule has 0 rings (SSSR count). The van der Waals surface area contributed by atoms with Gasteiger partial charge in [0.15, 0.2) is 0 Å². The molecule has 0 aromatic heterocycles. The molecule has 0 aliphatic carbocycles. The van der Waals surface area contributed by atoms with Gasteiger partial charge in [-0.15, -0.1) is 0 Å². The van der Waals surface area contributed by atoms with Crippen molar-refractivity contribution in [3.05, 3.63) is 0 Å². The molecular formula is C27H51NO6. The fraction of sp³-hybridized carbons (Fsp3) is 0.889. The zero-order valence-electron chi connectivity index (χ0n) is 21.7. The summed E-state index contributed by atoms with van der Waals surface area (Å²) in [5.41, 5.74) is 0. The Hall–Kier alpha value is -1.63. The normalized spacial score (nSPS) is 11.6. The zero-order chi connectivity index (χ0) is 25.5. The van der Waals surface area contributed by atoms with E-state index in [1.54, 1.807) is 0 Å². The van der Waals surface area contributed by atoms with Gasteiger partial charge in [-0.1, -0.05) is 96.8 Å². The molecule has 34 heavy (non-hydrogen) atoms. The van der Waals surface area contributed by atoms with Crippen molar-refractivity contribution in [2.45, 2.75) is 129 Å². The summed E-state index contributed by atoms with van der Waals surface area (Å²) in [6, 6.07) is 0. The van der Waals surface area contributed by atoms with Crippen molar-refractivity contribution >= 4 is 17.9 Å². The minimum atomic E-state index is -1.18. The monoisotopic (exact) mass is 485 g/mol. The van der Waals surface area contributed by atoms with E-state index in [2.05, 4.69) is 6.92 Å². The fourth-order valence-electron chi connectivity index (χ4n) is 4.66. The maximum absolute atomic E-state index is 11.1. The van der Waals surface area contributed by atoms with E-state index in [1.165, 1.54) is 83.5 Å². The van der Waals surface area contributed by atoms with Gasteiger partial charge in [-0.2, -0.15) is 0 Å². The molecule has 0 amide bonds. The van der Waals surface area contributed by atoms with E-state index in [-0.39, 0.29) is 43.4 Å². The van der Waals surface area contributed by atoms with Gasteiger partial charge in [-0.05, 0) is 12.8 Å². The summed E-state index contributed by atoms with van der Waals surface area (Å²) < 4.78 is 0.227. The highest BCUT2D eigenvalue weighted by atomic mass is 16.4. The number of carboxylic acids is 3. The first kappa shape index (κ1) is 32.4. The van der Waals surface area contributed by atoms with Crippen molar-refractivity contribution < 1.29 is 34.2 Å². The number of quaternary nitrogens is 1. The molecule has 0 radical (unpaired) electrons. The van der Waals surface area contributed by atoms with Crippen LogP contribution in [0.3, 0.4) is 0 Å². The second-order valence-corrected chi connectivity index (χ2v) is 9.95. The number of carbonyl (C=O) groups is 3. The standard InChI is InChI=1S/C27H51NO6/c1-2-3-4-5-6-7-8-9-10-11-12-13-14-15-16-17-21-28(22-18-25(29)30,23-19-26(31)32)24-20-27(33)34/h2-24H2,1H3,(H2-,29,30,31,32,33,34). The van der Waals surface area contributed by atoms with Crippen molar-refractivity contribution in [1.29, 1.82) is 0 Å². The third kappa shape index (κ3) is 20.9. The smallest absolute Gasteiger partial charge is 0.309 e. The Morgan fingerprint density at radius 3 is 1.18 bits per heavy atom. The summed E-state index contributed by atoms with van der Waals surface area (Å²) in [5, 5.41) is 29.2. The van der Waals surface area contributed by atoms with Gasteiger partial charge in [0.1, 0.15) is 0 Å². The van der Waals surface area contributed by atoms with E-state index in [1.807, 2.05) is 0 Å². The number of unbranched alkanes of at least 4 members (excludes halogenated alkanes) is 15. The van der Waals surface area contributed by atoms with E-state index >= 15 is 0 Å². The van der Waals surface area contributed by atoms with Gasteiger partial charge in [-0.25, -0.2) is 0 Å². The lowest BCUT2D eigenvalue weighted by atomic mass is 10.0. The zero-order valence-corrected chi connectivity index (χ0v) is 21.7. The van der Waals surface area contributed by atoms with E-state index in [0.717, 1.165) is 19.3 Å². The highest BCUT2D eigenvalue weighted by Crippen LogP contribution is 2.17. The van der Waals surface area contributed by atoms with Gasteiger partial charge < -0.3 is 24.6 Å². The number of carbonyl (C=O) groups excluding carboxylic acids is 1. The Labute approximate surface area is 207 Å². The average molecular weight is 486 g/mol. The molecule has 0 atom stereocenters. The van der Waals surface area contributed by atoms with E-state index < -0.39 is 17.9 Å². The molecule has 0 bridgehead atoms. The highest BCUT2D eigenvalue weighted by Gasteiger charge is 2.28. The van der Waals surface area contributed by atoms with Gasteiger partial charge in [0.25, 0.3) is 0 Å². The van der Waals surface area contributed by atoms with Crippen LogP contribution in [0.1, 0.15) is 129 Å². The van der Waals surface area contributed by atoms with Crippen molar-refractivity contribution in [1.82, 2.24) is 0 Å². The highest BCUT2D eigenvalue weighted by molar-refractivity contribution is 5.67. The number of carboxylic acid groups (broad SMARTS) is 3. The summed E-state index contributed by atoms with van der Waals surface area (Å²) in [6.07, 6.45) is 19.9. The molecule has 0 aliphatic rings. The Morgan fingerprint density at radius 2 is 0.853 bits per heavy atom. The molecular weight excluding hydrogens is 434 g/mol. The largest absolute Gasteiger partial charge is 0.550 e. The van der Waals surface area contributed by atoms with Crippen LogP contribution >= 0.6 is 0 Å². The minimum absolute atomic E-state index is 0.0917. The maximum Gasteiger partial charge on any atom is 0.309 e. The average Bonchev–Trinajstić information content (AvgIpc) is 2.79. The molecule has 0 fully saturated rings. The van der Waals surface area contributed by atoms with E-state index in [0.29, 0.717) is 6.54 Å². The molecule has 7 heteroatoms. The first-order valence-electron chi connectivity index (χ1n) is 13.8. The second-order valence-electron chi connectivity index (χ2n) is 9.95. The Morgan fingerprint density at radius 1 is 0.529 bits per heavy atom. The van der Waals surface area contributed by atoms with Crippen molar-refractivity contribution in [2.24, 2.45) is 0 Å². The number of hydrogen-bond acceptors (Lipinski definition) is 4. The number of nitrogens with zero attached hydrogens (tertiary/aromatic N) is 1. The Bertz CT molecular complexity index is 492. The molecule has 2 N–H and O–H groups in total. The molecule has 0 unspecified atom stereocenters. The summed E-state index contributed by atoms with van der Waals surface area (Å²) in [4.78, 5) is 33.2. The molecule has 0 heterocycles. The first-order chi connectivity index (χ1) is 16.3. The third-order valence-electron chi connectivity index (χ3n) is 6.88. The minimum Gasteiger partial charge on any atom is -0.550 e. The van der Waals surface area contributed by atoms with E-state index in [4.69, 9.17) is 10.2 Å². The molecule has 200 valence electrons. The lowest BCUT2D eigenvalue weighted by Gasteiger charge is -2.38. The van der Waals surface area contributed by atoms with Crippen LogP contribution in [-0.4, -0.2) is 58.8 Å². The summed E-state index contributed by atoms with van der Waals surface area (Å²) in [7, 11) is 0. The van der Waals surface area contributed by atoms with Crippen LogP contribution < -0.4 is 5.11 Å². The summed E-state index contributed by atoms with van der Waals surface area (Å²) in [6.45, 7) is 3.61. The van der Waals surface area contributed by atoms with E-state index in [9.17, 15) is 19.5 Å². The topological polar surface area (TPSA) is 115 Å². The lowest BCUT2D eigenvalue weighted by molar-refractivity contribution is -0.927. The summed E-state index contributed by atoms with van der Waals surface area (Å²) in [5.74, 6) is -3.07. The summed E-state index contributed by atoms with van der Waals surface area (Å²) >= 11 is 0.